The van der Waals surface area contributed by atoms with Crippen LogP contribution in [0.5, 0.6) is 0 Å². The van der Waals surface area contributed by atoms with Gasteiger partial charge in [0.25, 0.3) is 0 Å². The van der Waals surface area contributed by atoms with Gasteiger partial charge in [0.2, 0.25) is 0 Å². The SMILES string of the molecule is COC(=O)CCCN1C(=S)N[C@H](c2ccccn2)[C@H]1c1ccc(C)n1-c1ccccc1. The summed E-state index contributed by atoms with van der Waals surface area (Å²) in [4.78, 5) is 18.4. The zero-order valence-electron chi connectivity index (χ0n) is 17.7. The molecule has 6 nitrogen and oxygen atoms in total. The number of para-hydroxylation sites is 1. The average Bonchev–Trinajstić information content (AvgIpc) is 3.34. The number of ether oxygens (including phenoxy) is 1. The van der Waals surface area contributed by atoms with Crippen molar-refractivity contribution in [1.82, 2.24) is 19.8 Å². The highest BCUT2D eigenvalue weighted by Crippen LogP contribution is 2.40. The number of pyridine rings is 1. The van der Waals surface area contributed by atoms with Crippen molar-refractivity contribution < 1.29 is 9.53 Å². The minimum Gasteiger partial charge on any atom is -0.469 e. The number of hydrogen-bond donors (Lipinski definition) is 1. The molecule has 1 aliphatic heterocycles. The average molecular weight is 435 g/mol. The van der Waals surface area contributed by atoms with Crippen LogP contribution in [-0.4, -0.2) is 39.2 Å². The molecular formula is C24H26N4O2S. The molecule has 3 aromatic rings. The summed E-state index contributed by atoms with van der Waals surface area (Å²) < 4.78 is 7.07. The van der Waals surface area contributed by atoms with Gasteiger partial charge in [0.05, 0.1) is 24.9 Å². The molecule has 1 N–H and O–H groups in total. The molecule has 0 saturated carbocycles. The molecule has 4 rings (SSSR count). The van der Waals surface area contributed by atoms with Crippen LogP contribution in [0.25, 0.3) is 5.69 Å². The Labute approximate surface area is 187 Å². The summed E-state index contributed by atoms with van der Waals surface area (Å²) in [5.41, 5.74) is 4.31. The highest BCUT2D eigenvalue weighted by atomic mass is 32.1. The van der Waals surface area contributed by atoms with E-state index in [2.05, 4.69) is 51.0 Å². The van der Waals surface area contributed by atoms with Gasteiger partial charge >= 0.3 is 5.97 Å². The predicted octanol–water partition coefficient (Wildman–Crippen LogP) is 4.11. The van der Waals surface area contributed by atoms with Crippen molar-refractivity contribution in [1.29, 1.82) is 0 Å². The van der Waals surface area contributed by atoms with E-state index in [1.54, 1.807) is 6.20 Å². The number of nitrogens with one attached hydrogen (secondary N) is 1. The highest BCUT2D eigenvalue weighted by molar-refractivity contribution is 7.80. The summed E-state index contributed by atoms with van der Waals surface area (Å²) in [5.74, 6) is -0.209. The fourth-order valence-electron chi connectivity index (χ4n) is 4.18. The Hall–Kier alpha value is -3.19. The first kappa shape index (κ1) is 21.1. The van der Waals surface area contributed by atoms with E-state index in [-0.39, 0.29) is 18.1 Å². The Bertz CT molecular complexity index is 1050. The van der Waals surface area contributed by atoms with Crippen molar-refractivity contribution in [2.75, 3.05) is 13.7 Å². The third-order valence-corrected chi connectivity index (χ3v) is 5.98. The summed E-state index contributed by atoms with van der Waals surface area (Å²) >= 11 is 5.73. The lowest BCUT2D eigenvalue weighted by Gasteiger charge is -2.29. The standard InChI is InChI=1S/C24H26N4O2S/c1-17-13-14-20(28(17)18-9-4-3-5-10-18)23-22(19-11-6-7-15-25-19)26-24(31)27(23)16-8-12-21(29)30-2/h3-7,9-11,13-15,22-23H,8,12,16H2,1-2H3,(H,26,31)/t22-,23-/m1/s1. The summed E-state index contributed by atoms with van der Waals surface area (Å²) in [6.07, 6.45) is 2.82. The van der Waals surface area contributed by atoms with E-state index in [0.717, 1.165) is 22.8 Å². The number of methoxy groups -OCH3 is 1. The molecule has 3 heterocycles. The molecule has 1 saturated heterocycles. The van der Waals surface area contributed by atoms with E-state index in [1.165, 1.54) is 7.11 Å². The van der Waals surface area contributed by atoms with Gasteiger partial charge in [-0.1, -0.05) is 24.3 Å². The summed E-state index contributed by atoms with van der Waals surface area (Å²) in [7, 11) is 1.42. The lowest BCUT2D eigenvalue weighted by molar-refractivity contribution is -0.140. The number of nitrogens with zero attached hydrogens (tertiary/aromatic N) is 3. The lowest BCUT2D eigenvalue weighted by Crippen LogP contribution is -2.31. The molecule has 1 fully saturated rings. The van der Waals surface area contributed by atoms with Crippen molar-refractivity contribution in [3.63, 3.8) is 0 Å². The van der Waals surface area contributed by atoms with Gasteiger partial charge < -0.3 is 19.5 Å². The van der Waals surface area contributed by atoms with E-state index in [0.29, 0.717) is 24.5 Å². The van der Waals surface area contributed by atoms with Crippen molar-refractivity contribution in [3.8, 4) is 5.69 Å². The number of benzene rings is 1. The van der Waals surface area contributed by atoms with E-state index in [9.17, 15) is 4.79 Å². The maximum absolute atomic E-state index is 11.6. The van der Waals surface area contributed by atoms with Crippen molar-refractivity contribution in [3.05, 3.63) is 83.9 Å². The van der Waals surface area contributed by atoms with Crippen LogP contribution < -0.4 is 5.32 Å². The molecule has 0 amide bonds. The molecule has 2 aromatic heterocycles. The van der Waals surface area contributed by atoms with Crippen LogP contribution in [0.4, 0.5) is 0 Å². The first-order valence-corrected chi connectivity index (χ1v) is 10.8. The number of aryl methyl sites for hydroxylation is 1. The van der Waals surface area contributed by atoms with Crippen LogP contribution >= 0.6 is 12.2 Å². The van der Waals surface area contributed by atoms with Crippen LogP contribution in [0.1, 0.15) is 42.0 Å². The molecule has 1 aliphatic rings. The molecular weight excluding hydrogens is 408 g/mol. The summed E-state index contributed by atoms with van der Waals surface area (Å²) in [5, 5.41) is 4.14. The fourth-order valence-corrected chi connectivity index (χ4v) is 4.51. The molecule has 31 heavy (non-hydrogen) atoms. The second kappa shape index (κ2) is 9.31. The molecule has 0 aliphatic carbocycles. The lowest BCUT2D eigenvalue weighted by atomic mass is 10.0. The molecule has 0 bridgehead atoms. The van der Waals surface area contributed by atoms with Crippen LogP contribution in [0, 0.1) is 6.92 Å². The maximum Gasteiger partial charge on any atom is 0.305 e. The Balaban J connectivity index is 1.74. The number of thiocarbonyl (C=S) groups is 1. The van der Waals surface area contributed by atoms with Crippen molar-refractivity contribution in [2.24, 2.45) is 0 Å². The summed E-state index contributed by atoms with van der Waals surface area (Å²) in [6.45, 7) is 2.75. The minimum atomic E-state index is -0.209. The quantitative estimate of drug-likeness (QED) is 0.446. The van der Waals surface area contributed by atoms with Gasteiger partial charge in [-0.25, -0.2) is 0 Å². The smallest absolute Gasteiger partial charge is 0.305 e. The number of hydrogen-bond acceptors (Lipinski definition) is 4. The molecule has 0 radical (unpaired) electrons. The largest absolute Gasteiger partial charge is 0.469 e. The Morgan fingerprint density at radius 3 is 2.61 bits per heavy atom. The van der Waals surface area contributed by atoms with Gasteiger partial charge in [-0.05, 0) is 62.0 Å². The number of rotatable bonds is 7. The topological polar surface area (TPSA) is 59.4 Å². The molecule has 2 atom stereocenters. The van der Waals surface area contributed by atoms with Crippen LogP contribution in [-0.2, 0) is 9.53 Å². The number of aromatic nitrogens is 2. The second-order valence-electron chi connectivity index (χ2n) is 7.57. The number of carbonyl (C=O) groups is 1. The molecule has 7 heteroatoms. The van der Waals surface area contributed by atoms with E-state index in [1.807, 2.05) is 36.4 Å². The third-order valence-electron chi connectivity index (χ3n) is 5.63. The highest BCUT2D eigenvalue weighted by Gasteiger charge is 2.41. The molecule has 1 aromatic carbocycles. The monoisotopic (exact) mass is 434 g/mol. The molecule has 160 valence electrons. The number of carbonyl (C=O) groups excluding carboxylic acids is 1. The van der Waals surface area contributed by atoms with Gasteiger partial charge in [-0.2, -0.15) is 0 Å². The Morgan fingerprint density at radius 2 is 1.90 bits per heavy atom. The molecule has 0 spiro atoms. The van der Waals surface area contributed by atoms with Crippen LogP contribution in [0.2, 0.25) is 0 Å². The van der Waals surface area contributed by atoms with E-state index < -0.39 is 0 Å². The molecule has 0 unspecified atom stereocenters. The first-order chi connectivity index (χ1) is 15.1. The maximum atomic E-state index is 11.6. The van der Waals surface area contributed by atoms with Gasteiger partial charge in [0.15, 0.2) is 5.11 Å². The van der Waals surface area contributed by atoms with Crippen molar-refractivity contribution >= 4 is 23.3 Å². The third kappa shape index (κ3) is 4.32. The normalized spacial score (nSPS) is 18.1. The van der Waals surface area contributed by atoms with Gasteiger partial charge in [0.1, 0.15) is 0 Å². The predicted molar refractivity (Wildman–Crippen MR) is 124 cm³/mol. The minimum absolute atomic E-state index is 0.0612. The van der Waals surface area contributed by atoms with E-state index >= 15 is 0 Å². The van der Waals surface area contributed by atoms with Gasteiger partial charge in [-0.3, -0.25) is 9.78 Å². The van der Waals surface area contributed by atoms with Gasteiger partial charge in [-0.15, -0.1) is 0 Å². The van der Waals surface area contributed by atoms with Crippen LogP contribution in [0.3, 0.4) is 0 Å². The van der Waals surface area contributed by atoms with E-state index in [4.69, 9.17) is 17.0 Å². The van der Waals surface area contributed by atoms with Crippen LogP contribution in [0.15, 0.2) is 66.9 Å². The first-order valence-electron chi connectivity index (χ1n) is 10.4. The number of esters is 1. The Morgan fingerprint density at radius 1 is 1.13 bits per heavy atom. The van der Waals surface area contributed by atoms with Gasteiger partial charge in [0, 0.05) is 36.2 Å². The fraction of sp³-hybridized carbons (Fsp3) is 0.292. The summed E-state index contributed by atoms with van der Waals surface area (Å²) in [6, 6.07) is 20.4. The zero-order chi connectivity index (χ0) is 21.8. The second-order valence-corrected chi connectivity index (χ2v) is 7.96. The Kier molecular flexibility index (Phi) is 6.32. The zero-order valence-corrected chi connectivity index (χ0v) is 18.5. The van der Waals surface area contributed by atoms with Crippen molar-refractivity contribution in [2.45, 2.75) is 31.8 Å².